The molecule has 0 aliphatic heterocycles. The number of hydrogen-bond donors (Lipinski definition) is 3. The molecule has 3 aromatic carbocycles. The maximum atomic E-state index is 13.5. The van der Waals surface area contributed by atoms with Gasteiger partial charge in [0, 0.05) is 9.26 Å². The number of anilines is 2. The number of benzene rings is 3. The average molecular weight is 585 g/mol. The van der Waals surface area contributed by atoms with Crippen molar-refractivity contribution in [3.05, 3.63) is 82.2 Å². The van der Waals surface area contributed by atoms with E-state index in [9.17, 15) is 17.6 Å². The van der Waals surface area contributed by atoms with Crippen LogP contribution in [-0.4, -0.2) is 38.4 Å². The van der Waals surface area contributed by atoms with Gasteiger partial charge in [-0.15, -0.1) is 0 Å². The molecule has 0 aliphatic rings. The van der Waals surface area contributed by atoms with E-state index < -0.39 is 27.8 Å². The van der Waals surface area contributed by atoms with E-state index in [2.05, 4.69) is 27.9 Å². The minimum absolute atomic E-state index is 0.248. The number of halogens is 2. The molecule has 0 saturated carbocycles. The summed E-state index contributed by atoms with van der Waals surface area (Å²) in [6, 6.07) is 17.8. The molecule has 11 heteroatoms. The van der Waals surface area contributed by atoms with Crippen LogP contribution in [0.3, 0.4) is 0 Å². The standard InChI is InChI=1S/C22H21FIN3O5S/c1-33(30,31)27(14-21(22(28)26-29)25-17-4-2-3-15(23)13-17)18-7-11-20(12-8-18)32-19-9-5-16(24)6-10-19/h2-13,21,25,29H,14H2,1H3,(H,26,28)/t21-/m0/s1. The predicted molar refractivity (Wildman–Crippen MR) is 132 cm³/mol. The number of nitrogens with one attached hydrogen (secondary N) is 2. The Labute approximate surface area is 204 Å². The fourth-order valence-corrected chi connectivity index (χ4v) is 4.25. The van der Waals surface area contributed by atoms with Crippen LogP contribution >= 0.6 is 22.6 Å². The second-order valence-corrected chi connectivity index (χ2v) is 10.2. The highest BCUT2D eigenvalue weighted by Crippen LogP contribution is 2.26. The summed E-state index contributed by atoms with van der Waals surface area (Å²) in [5, 5.41) is 11.9. The first-order chi connectivity index (χ1) is 15.7. The third-order valence-electron chi connectivity index (χ3n) is 4.51. The van der Waals surface area contributed by atoms with Crippen LogP contribution < -0.4 is 19.8 Å². The maximum Gasteiger partial charge on any atom is 0.267 e. The topological polar surface area (TPSA) is 108 Å². The van der Waals surface area contributed by atoms with E-state index in [1.165, 1.54) is 23.7 Å². The van der Waals surface area contributed by atoms with Gasteiger partial charge >= 0.3 is 0 Å². The lowest BCUT2D eigenvalue weighted by Crippen LogP contribution is -2.48. The summed E-state index contributed by atoms with van der Waals surface area (Å²) < 4.78 is 46.4. The van der Waals surface area contributed by atoms with Gasteiger partial charge in [0.1, 0.15) is 23.4 Å². The first kappa shape index (κ1) is 24.7. The van der Waals surface area contributed by atoms with Gasteiger partial charge in [0.05, 0.1) is 18.5 Å². The second kappa shape index (κ2) is 10.8. The zero-order valence-electron chi connectivity index (χ0n) is 17.4. The van der Waals surface area contributed by atoms with Crippen molar-refractivity contribution in [3.8, 4) is 11.5 Å². The van der Waals surface area contributed by atoms with Gasteiger partial charge in [0.2, 0.25) is 10.0 Å². The Kier molecular flexibility index (Phi) is 8.10. The van der Waals surface area contributed by atoms with Crippen LogP contribution in [0.5, 0.6) is 11.5 Å². The highest BCUT2D eigenvalue weighted by molar-refractivity contribution is 14.1. The molecule has 3 aromatic rings. The van der Waals surface area contributed by atoms with Crippen LogP contribution in [0, 0.1) is 9.39 Å². The Morgan fingerprint density at radius 3 is 2.24 bits per heavy atom. The van der Waals surface area contributed by atoms with Crippen molar-refractivity contribution in [3.63, 3.8) is 0 Å². The Hall–Kier alpha value is -2.90. The first-order valence-corrected chi connectivity index (χ1v) is 12.6. The van der Waals surface area contributed by atoms with Gasteiger partial charge in [-0.2, -0.15) is 0 Å². The van der Waals surface area contributed by atoms with Crippen LogP contribution in [-0.2, 0) is 14.8 Å². The Balaban J connectivity index is 1.82. The molecule has 1 amide bonds. The molecule has 3 N–H and O–H groups in total. The third-order valence-corrected chi connectivity index (χ3v) is 6.39. The van der Waals surface area contributed by atoms with Crippen molar-refractivity contribution in [2.45, 2.75) is 6.04 Å². The lowest BCUT2D eigenvalue weighted by Gasteiger charge is -2.27. The van der Waals surface area contributed by atoms with Crippen LogP contribution in [0.4, 0.5) is 15.8 Å². The number of carbonyl (C=O) groups excluding carboxylic acids is 1. The number of amides is 1. The molecule has 0 fully saturated rings. The summed E-state index contributed by atoms with van der Waals surface area (Å²) in [6.07, 6.45) is 0.999. The molecule has 174 valence electrons. The SMILES string of the molecule is CS(=O)(=O)N(C[C@H](Nc1cccc(F)c1)C(=O)NO)c1ccc(Oc2ccc(I)cc2)cc1. The largest absolute Gasteiger partial charge is 0.457 e. The van der Waals surface area contributed by atoms with Crippen LogP contribution in [0.1, 0.15) is 0 Å². The lowest BCUT2D eigenvalue weighted by molar-refractivity contribution is -0.129. The molecule has 33 heavy (non-hydrogen) atoms. The summed E-state index contributed by atoms with van der Waals surface area (Å²) in [7, 11) is -3.82. The molecule has 0 unspecified atom stereocenters. The monoisotopic (exact) mass is 585 g/mol. The molecule has 0 aliphatic carbocycles. The molecule has 0 radical (unpaired) electrons. The number of sulfonamides is 1. The van der Waals surface area contributed by atoms with Crippen molar-refractivity contribution in [2.24, 2.45) is 0 Å². The average Bonchev–Trinajstić information content (AvgIpc) is 2.77. The molecular weight excluding hydrogens is 564 g/mol. The van der Waals surface area contributed by atoms with Gasteiger partial charge in [-0.25, -0.2) is 18.3 Å². The highest BCUT2D eigenvalue weighted by Gasteiger charge is 2.27. The van der Waals surface area contributed by atoms with Gasteiger partial charge < -0.3 is 10.1 Å². The number of hydroxylamine groups is 1. The molecular formula is C22H21FIN3O5S. The smallest absolute Gasteiger partial charge is 0.267 e. The van der Waals surface area contributed by atoms with Crippen molar-refractivity contribution in [1.82, 2.24) is 5.48 Å². The number of carbonyl (C=O) groups is 1. The van der Waals surface area contributed by atoms with E-state index >= 15 is 0 Å². The van der Waals surface area contributed by atoms with Gasteiger partial charge in [0.25, 0.3) is 5.91 Å². The summed E-state index contributed by atoms with van der Waals surface area (Å²) in [4.78, 5) is 12.2. The summed E-state index contributed by atoms with van der Waals surface area (Å²) in [6.45, 7) is -0.362. The number of nitrogens with zero attached hydrogens (tertiary/aromatic N) is 1. The first-order valence-electron chi connectivity index (χ1n) is 9.63. The van der Waals surface area contributed by atoms with Gasteiger partial charge in [0.15, 0.2) is 0 Å². The van der Waals surface area contributed by atoms with Crippen LogP contribution in [0.25, 0.3) is 0 Å². The fourth-order valence-electron chi connectivity index (χ4n) is 2.97. The minimum atomic E-state index is -3.82. The zero-order valence-corrected chi connectivity index (χ0v) is 20.4. The normalized spacial score (nSPS) is 12.0. The fraction of sp³-hybridized carbons (Fsp3) is 0.136. The number of rotatable bonds is 9. The summed E-state index contributed by atoms with van der Waals surface area (Å²) in [5.41, 5.74) is 2.04. The Morgan fingerprint density at radius 2 is 1.70 bits per heavy atom. The molecule has 3 rings (SSSR count). The third kappa shape index (κ3) is 7.04. The van der Waals surface area contributed by atoms with Gasteiger partial charge in [-0.05, 0) is 89.3 Å². The lowest BCUT2D eigenvalue weighted by atomic mass is 10.2. The maximum absolute atomic E-state index is 13.5. The Bertz CT molecular complexity index is 1210. The van der Waals surface area contributed by atoms with Crippen molar-refractivity contribution < 1.29 is 27.5 Å². The number of ether oxygens (including phenoxy) is 1. The highest BCUT2D eigenvalue weighted by atomic mass is 127. The van der Waals surface area contributed by atoms with E-state index in [-0.39, 0.29) is 17.9 Å². The molecule has 8 nitrogen and oxygen atoms in total. The molecule has 1 atom stereocenters. The molecule has 0 spiro atoms. The summed E-state index contributed by atoms with van der Waals surface area (Å²) >= 11 is 2.19. The van der Waals surface area contributed by atoms with E-state index in [1.54, 1.807) is 24.3 Å². The van der Waals surface area contributed by atoms with E-state index in [1.807, 2.05) is 24.3 Å². The van der Waals surface area contributed by atoms with E-state index in [0.717, 1.165) is 20.2 Å². The quantitative estimate of drug-likeness (QED) is 0.199. The van der Waals surface area contributed by atoms with Crippen LogP contribution in [0.15, 0.2) is 72.8 Å². The van der Waals surface area contributed by atoms with E-state index in [4.69, 9.17) is 9.94 Å². The van der Waals surface area contributed by atoms with Crippen molar-refractivity contribution in [1.29, 1.82) is 0 Å². The predicted octanol–water partition coefficient (Wildman–Crippen LogP) is 3.97. The summed E-state index contributed by atoms with van der Waals surface area (Å²) in [5.74, 6) is -0.295. The van der Waals surface area contributed by atoms with Gasteiger partial charge in [-0.1, -0.05) is 6.07 Å². The Morgan fingerprint density at radius 1 is 1.09 bits per heavy atom. The number of hydrogen-bond acceptors (Lipinski definition) is 6. The minimum Gasteiger partial charge on any atom is -0.457 e. The van der Waals surface area contributed by atoms with Gasteiger partial charge in [-0.3, -0.25) is 14.3 Å². The molecule has 0 aromatic heterocycles. The molecule has 0 bridgehead atoms. The van der Waals surface area contributed by atoms with Crippen molar-refractivity contribution in [2.75, 3.05) is 22.4 Å². The zero-order chi connectivity index (χ0) is 24.0. The van der Waals surface area contributed by atoms with Crippen molar-refractivity contribution >= 4 is 49.9 Å². The van der Waals surface area contributed by atoms with E-state index in [0.29, 0.717) is 11.5 Å². The van der Waals surface area contributed by atoms with Crippen LogP contribution in [0.2, 0.25) is 0 Å². The molecule has 0 saturated heterocycles. The second-order valence-electron chi connectivity index (χ2n) is 7.03. The molecule has 0 heterocycles.